The Morgan fingerprint density at radius 2 is 2.15 bits per heavy atom. The Kier molecular flexibility index (Phi) is 5.09. The van der Waals surface area contributed by atoms with Gasteiger partial charge in [0.05, 0.1) is 12.2 Å². The summed E-state index contributed by atoms with van der Waals surface area (Å²) < 4.78 is 5.42. The minimum absolute atomic E-state index is 0.320. The summed E-state index contributed by atoms with van der Waals surface area (Å²) in [4.78, 5) is 23.7. The highest BCUT2D eigenvalue weighted by Crippen LogP contribution is 2.35. The van der Waals surface area contributed by atoms with Crippen LogP contribution >= 0.6 is 11.3 Å². The molecule has 6 rings (SSSR count). The normalized spacial score (nSPS) is 28.9. The Morgan fingerprint density at radius 1 is 1.26 bits per heavy atom. The van der Waals surface area contributed by atoms with Gasteiger partial charge in [-0.15, -0.1) is 0 Å². The molecule has 1 aromatic heterocycles. The van der Waals surface area contributed by atoms with E-state index < -0.39 is 0 Å². The summed E-state index contributed by atoms with van der Waals surface area (Å²) >= 11 is 1.83. The van der Waals surface area contributed by atoms with E-state index in [4.69, 9.17) is 9.72 Å². The molecule has 148 valence electrons. The summed E-state index contributed by atoms with van der Waals surface area (Å²) in [5, 5.41) is 4.87. The number of anilines is 1. The van der Waals surface area contributed by atoms with Gasteiger partial charge in [-0.25, -0.2) is 4.98 Å². The summed E-state index contributed by atoms with van der Waals surface area (Å²) in [6.07, 6.45) is 7.52. The van der Waals surface area contributed by atoms with Crippen LogP contribution < -0.4 is 10.2 Å². The first-order chi connectivity index (χ1) is 13.3. The van der Waals surface area contributed by atoms with Crippen molar-refractivity contribution in [3.05, 3.63) is 10.6 Å². The van der Waals surface area contributed by atoms with Crippen molar-refractivity contribution in [3.8, 4) is 0 Å². The predicted octanol–water partition coefficient (Wildman–Crippen LogP) is 2.18. The third-order valence-corrected chi connectivity index (χ3v) is 7.83. The molecule has 0 saturated carbocycles. The molecular formula is C20H30N4O2S. The van der Waals surface area contributed by atoms with Gasteiger partial charge in [0.2, 0.25) is 5.91 Å². The van der Waals surface area contributed by atoms with E-state index in [9.17, 15) is 4.79 Å². The quantitative estimate of drug-likeness (QED) is 0.857. The number of nitrogens with zero attached hydrogens (tertiary/aromatic N) is 3. The van der Waals surface area contributed by atoms with Crippen molar-refractivity contribution in [3.63, 3.8) is 0 Å². The lowest BCUT2D eigenvalue weighted by Crippen LogP contribution is -2.54. The SMILES string of the molecule is O=C(CC1CCOCC1)N1CCc2nc(N3CC4CCCC3CN4)sc2C1. The Morgan fingerprint density at radius 3 is 3.04 bits per heavy atom. The topological polar surface area (TPSA) is 57.7 Å². The third kappa shape index (κ3) is 3.74. The van der Waals surface area contributed by atoms with Gasteiger partial charge in [0.15, 0.2) is 5.13 Å². The number of hydrogen-bond acceptors (Lipinski definition) is 6. The molecule has 27 heavy (non-hydrogen) atoms. The number of carbonyl (C=O) groups excluding carboxylic acids is 1. The van der Waals surface area contributed by atoms with Crippen molar-refractivity contribution < 1.29 is 9.53 Å². The zero-order valence-corrected chi connectivity index (χ0v) is 16.8. The van der Waals surface area contributed by atoms with E-state index >= 15 is 0 Å². The molecule has 0 spiro atoms. The second-order valence-electron chi connectivity index (χ2n) is 8.53. The number of thiazole rings is 1. The van der Waals surface area contributed by atoms with Gasteiger partial charge in [0, 0.05) is 62.7 Å². The average molecular weight is 391 g/mol. The van der Waals surface area contributed by atoms with Crippen LogP contribution in [0.15, 0.2) is 0 Å². The standard InChI is InChI=1S/C20H30N4O2S/c25-19(10-14-5-8-26-9-6-14)23-7-4-17-18(13-23)27-20(22-17)24-12-15-2-1-3-16(24)11-21-15/h14-16,21H,1-13H2. The van der Waals surface area contributed by atoms with Crippen LogP contribution in [0.3, 0.4) is 0 Å². The predicted molar refractivity (Wildman–Crippen MR) is 106 cm³/mol. The van der Waals surface area contributed by atoms with E-state index in [1.165, 1.54) is 35.0 Å². The van der Waals surface area contributed by atoms with Crippen molar-refractivity contribution in [2.24, 2.45) is 5.92 Å². The van der Waals surface area contributed by atoms with Gasteiger partial charge in [-0.2, -0.15) is 0 Å². The van der Waals surface area contributed by atoms with Crippen LogP contribution in [0.25, 0.3) is 0 Å². The van der Waals surface area contributed by atoms with Crippen LogP contribution in [0.1, 0.15) is 49.1 Å². The molecular weight excluding hydrogens is 360 g/mol. The molecule has 6 heterocycles. The van der Waals surface area contributed by atoms with E-state index in [1.54, 1.807) is 0 Å². The third-order valence-electron chi connectivity index (χ3n) is 6.71. The van der Waals surface area contributed by atoms with Crippen LogP contribution in [0.4, 0.5) is 5.13 Å². The number of hydrogen-bond donors (Lipinski definition) is 1. The zero-order chi connectivity index (χ0) is 18.2. The molecule has 2 atom stereocenters. The van der Waals surface area contributed by atoms with E-state index in [1.807, 2.05) is 11.3 Å². The maximum Gasteiger partial charge on any atom is 0.223 e. The molecule has 0 aliphatic carbocycles. The number of piperazine rings is 1. The molecule has 0 aromatic carbocycles. The minimum Gasteiger partial charge on any atom is -0.381 e. The first-order valence-corrected chi connectivity index (χ1v) is 11.4. The van der Waals surface area contributed by atoms with Gasteiger partial charge in [-0.05, 0) is 38.0 Å². The lowest BCUT2D eigenvalue weighted by molar-refractivity contribution is -0.133. The van der Waals surface area contributed by atoms with E-state index in [0.717, 1.165) is 58.7 Å². The number of nitrogens with one attached hydrogen (secondary N) is 1. The minimum atomic E-state index is 0.320. The fourth-order valence-electron chi connectivity index (χ4n) is 4.99. The van der Waals surface area contributed by atoms with Crippen LogP contribution in [-0.4, -0.2) is 60.7 Å². The van der Waals surface area contributed by atoms with Crippen molar-refractivity contribution >= 4 is 22.4 Å². The average Bonchev–Trinajstić information content (AvgIpc) is 2.85. The number of rotatable bonds is 3. The molecule has 1 N–H and O–H groups in total. The summed E-state index contributed by atoms with van der Waals surface area (Å²) in [7, 11) is 0. The second kappa shape index (κ2) is 7.68. The number of amides is 1. The fraction of sp³-hybridized carbons (Fsp3) is 0.800. The van der Waals surface area contributed by atoms with Crippen molar-refractivity contribution in [1.82, 2.24) is 15.2 Å². The van der Waals surface area contributed by atoms with E-state index in [0.29, 0.717) is 30.3 Å². The summed E-state index contributed by atoms with van der Waals surface area (Å²) in [6.45, 7) is 5.38. The monoisotopic (exact) mass is 390 g/mol. The molecule has 6 nitrogen and oxygen atoms in total. The highest BCUT2D eigenvalue weighted by atomic mass is 32.1. The molecule has 4 saturated heterocycles. The van der Waals surface area contributed by atoms with E-state index in [-0.39, 0.29) is 0 Å². The van der Waals surface area contributed by atoms with Gasteiger partial charge in [-0.3, -0.25) is 4.79 Å². The maximum atomic E-state index is 12.8. The molecule has 2 bridgehead atoms. The Labute approximate surface area is 165 Å². The van der Waals surface area contributed by atoms with Crippen molar-refractivity contribution in [1.29, 1.82) is 0 Å². The van der Waals surface area contributed by atoms with Crippen molar-refractivity contribution in [2.45, 2.75) is 63.6 Å². The number of aromatic nitrogens is 1. The van der Waals surface area contributed by atoms with Gasteiger partial charge in [0.25, 0.3) is 0 Å². The first kappa shape index (κ1) is 17.9. The largest absolute Gasteiger partial charge is 0.381 e. The lowest BCUT2D eigenvalue weighted by atomic mass is 9.95. The van der Waals surface area contributed by atoms with Crippen molar-refractivity contribution in [2.75, 3.05) is 37.7 Å². The van der Waals surface area contributed by atoms with Crippen LogP contribution in [0.5, 0.6) is 0 Å². The van der Waals surface area contributed by atoms with Crippen LogP contribution in [0, 0.1) is 5.92 Å². The highest BCUT2D eigenvalue weighted by molar-refractivity contribution is 7.15. The lowest BCUT2D eigenvalue weighted by Gasteiger charge is -2.37. The smallest absolute Gasteiger partial charge is 0.223 e. The van der Waals surface area contributed by atoms with E-state index in [2.05, 4.69) is 15.1 Å². The van der Waals surface area contributed by atoms with Gasteiger partial charge >= 0.3 is 0 Å². The highest BCUT2D eigenvalue weighted by Gasteiger charge is 2.34. The van der Waals surface area contributed by atoms with Crippen LogP contribution in [0.2, 0.25) is 0 Å². The Bertz CT molecular complexity index is 684. The number of fused-ring (bicyclic) bond motifs is 5. The fourth-order valence-corrected chi connectivity index (χ4v) is 6.20. The zero-order valence-electron chi connectivity index (χ0n) is 16.0. The molecule has 0 radical (unpaired) electrons. The second-order valence-corrected chi connectivity index (χ2v) is 9.60. The molecule has 5 aliphatic heterocycles. The summed E-state index contributed by atoms with van der Waals surface area (Å²) in [5.74, 6) is 0.824. The molecule has 1 aromatic rings. The molecule has 5 aliphatic rings. The Balaban J connectivity index is 1.25. The molecule has 2 unspecified atom stereocenters. The molecule has 7 heteroatoms. The number of ether oxygens (including phenoxy) is 1. The maximum absolute atomic E-state index is 12.8. The first-order valence-electron chi connectivity index (χ1n) is 10.6. The summed E-state index contributed by atoms with van der Waals surface area (Å²) in [5.41, 5.74) is 1.23. The Hall–Kier alpha value is -1.18. The van der Waals surface area contributed by atoms with Gasteiger partial charge < -0.3 is 19.9 Å². The molecule has 4 fully saturated rings. The van der Waals surface area contributed by atoms with Gasteiger partial charge in [0.1, 0.15) is 0 Å². The van der Waals surface area contributed by atoms with Gasteiger partial charge in [-0.1, -0.05) is 11.3 Å². The van der Waals surface area contributed by atoms with Crippen LogP contribution in [-0.2, 0) is 22.5 Å². The number of carbonyl (C=O) groups is 1. The molecule has 1 amide bonds. The summed E-state index contributed by atoms with van der Waals surface area (Å²) in [6, 6.07) is 1.20.